The molecule has 0 amide bonds. The SMILES string of the molecule is CCc1[nH]c2nc(Sc3ccc4c(c3)N=CC=CC4)nc(C3CCC(C4(NC)CC4)C3)c2c1O. The first-order valence-corrected chi connectivity index (χ1v) is 13.2. The van der Waals surface area contributed by atoms with E-state index in [1.807, 2.05) is 19.2 Å². The second-order valence-electron chi connectivity index (χ2n) is 9.84. The second-order valence-corrected chi connectivity index (χ2v) is 10.9. The molecule has 6 nitrogen and oxygen atoms in total. The Balaban J connectivity index is 1.36. The lowest BCUT2D eigenvalue weighted by Gasteiger charge is -2.22. The summed E-state index contributed by atoms with van der Waals surface area (Å²) >= 11 is 1.57. The van der Waals surface area contributed by atoms with Crippen LogP contribution in [0.25, 0.3) is 11.0 Å². The summed E-state index contributed by atoms with van der Waals surface area (Å²) in [5.41, 5.74) is 5.14. The van der Waals surface area contributed by atoms with Crippen LogP contribution in [-0.4, -0.2) is 38.9 Å². The minimum Gasteiger partial charge on any atom is -0.505 e. The van der Waals surface area contributed by atoms with Gasteiger partial charge in [0.1, 0.15) is 11.4 Å². The van der Waals surface area contributed by atoms with Gasteiger partial charge in [0.15, 0.2) is 5.16 Å². The van der Waals surface area contributed by atoms with Gasteiger partial charge >= 0.3 is 0 Å². The third-order valence-corrected chi connectivity index (χ3v) is 8.84. The maximum absolute atomic E-state index is 11.0. The highest BCUT2D eigenvalue weighted by molar-refractivity contribution is 7.99. The van der Waals surface area contributed by atoms with Crippen molar-refractivity contribution in [3.05, 3.63) is 47.3 Å². The van der Waals surface area contributed by atoms with Gasteiger partial charge in [-0.1, -0.05) is 19.1 Å². The summed E-state index contributed by atoms with van der Waals surface area (Å²) in [6.07, 6.45) is 13.6. The Kier molecular flexibility index (Phi) is 5.49. The number of rotatable bonds is 6. The Morgan fingerprint density at radius 1 is 1.24 bits per heavy atom. The monoisotopic (exact) mass is 473 g/mol. The van der Waals surface area contributed by atoms with E-state index >= 15 is 0 Å². The van der Waals surface area contributed by atoms with Crippen molar-refractivity contribution in [3.63, 3.8) is 0 Å². The van der Waals surface area contributed by atoms with Crippen molar-refractivity contribution < 1.29 is 5.11 Å². The maximum atomic E-state index is 11.0. The molecule has 34 heavy (non-hydrogen) atoms. The lowest BCUT2D eigenvalue weighted by atomic mass is 9.92. The average molecular weight is 474 g/mol. The Morgan fingerprint density at radius 3 is 2.91 bits per heavy atom. The number of hydrogen-bond donors (Lipinski definition) is 3. The zero-order chi connectivity index (χ0) is 23.3. The van der Waals surface area contributed by atoms with Crippen LogP contribution >= 0.6 is 11.8 Å². The van der Waals surface area contributed by atoms with Gasteiger partial charge in [0.25, 0.3) is 0 Å². The summed E-state index contributed by atoms with van der Waals surface area (Å²) in [7, 11) is 2.10. The lowest BCUT2D eigenvalue weighted by molar-refractivity contribution is 0.355. The number of nitrogens with zero attached hydrogens (tertiary/aromatic N) is 3. The minimum absolute atomic E-state index is 0.324. The molecule has 2 atom stereocenters. The van der Waals surface area contributed by atoms with Crippen LogP contribution in [0.5, 0.6) is 5.75 Å². The molecular weight excluding hydrogens is 442 g/mol. The number of allylic oxidation sites excluding steroid dienone is 2. The summed E-state index contributed by atoms with van der Waals surface area (Å²) in [6.45, 7) is 2.05. The van der Waals surface area contributed by atoms with Crippen LogP contribution in [0.4, 0.5) is 5.69 Å². The molecule has 2 fully saturated rings. The molecule has 0 spiro atoms. The Hall–Kier alpha value is -2.64. The fraction of sp³-hybridized carbons (Fsp3) is 0.444. The van der Waals surface area contributed by atoms with Crippen molar-refractivity contribution in [2.75, 3.05) is 7.05 Å². The molecule has 0 radical (unpaired) electrons. The van der Waals surface area contributed by atoms with Crippen LogP contribution in [-0.2, 0) is 12.8 Å². The fourth-order valence-corrected chi connectivity index (χ4v) is 6.64. The van der Waals surface area contributed by atoms with Gasteiger partial charge < -0.3 is 15.4 Å². The van der Waals surface area contributed by atoms with Crippen LogP contribution in [0.3, 0.4) is 0 Å². The number of H-pyrrole nitrogens is 1. The van der Waals surface area contributed by atoms with Gasteiger partial charge in [0.05, 0.1) is 22.5 Å². The largest absolute Gasteiger partial charge is 0.505 e. The molecule has 3 aliphatic rings. The molecule has 2 aromatic heterocycles. The lowest BCUT2D eigenvalue weighted by Crippen LogP contribution is -2.34. The number of fused-ring (bicyclic) bond motifs is 2. The molecule has 6 rings (SSSR count). The van der Waals surface area contributed by atoms with E-state index in [0.717, 1.165) is 63.8 Å². The van der Waals surface area contributed by atoms with E-state index in [9.17, 15) is 5.11 Å². The van der Waals surface area contributed by atoms with E-state index in [0.29, 0.717) is 23.1 Å². The standard InChI is InChI=1S/C27H31N5OS/c1-3-20-24(33)22-23(17-7-9-18(14-17)27(28-2)11-12-27)31-26(32-25(22)30-20)34-19-10-8-16-6-4-5-13-29-21(16)15-19/h4-5,8,10,13,15,17-18,28,33H,3,6-7,9,11-12,14H2,1-2H3,(H,30,31,32). The number of aryl methyl sites for hydroxylation is 1. The van der Waals surface area contributed by atoms with Gasteiger partial charge in [0.2, 0.25) is 0 Å². The Bertz CT molecular complexity index is 1310. The van der Waals surface area contributed by atoms with Crippen molar-refractivity contribution >= 4 is 34.7 Å². The van der Waals surface area contributed by atoms with Crippen LogP contribution in [0.15, 0.2) is 45.4 Å². The second kappa shape index (κ2) is 8.54. The van der Waals surface area contributed by atoms with Crippen LogP contribution in [0.2, 0.25) is 0 Å². The number of aromatic hydroxyl groups is 1. The van der Waals surface area contributed by atoms with Crippen LogP contribution in [0, 0.1) is 5.92 Å². The Labute approximate surface area is 204 Å². The highest BCUT2D eigenvalue weighted by Gasteiger charge is 2.50. The topological polar surface area (TPSA) is 86.2 Å². The van der Waals surface area contributed by atoms with E-state index in [1.165, 1.54) is 24.8 Å². The third kappa shape index (κ3) is 3.75. The predicted octanol–water partition coefficient (Wildman–Crippen LogP) is 5.83. The molecule has 1 aromatic carbocycles. The third-order valence-electron chi connectivity index (χ3n) is 7.99. The van der Waals surface area contributed by atoms with Crippen LogP contribution in [0.1, 0.15) is 61.9 Å². The zero-order valence-corrected chi connectivity index (χ0v) is 20.6. The van der Waals surface area contributed by atoms with Crippen LogP contribution < -0.4 is 5.32 Å². The van der Waals surface area contributed by atoms with E-state index < -0.39 is 0 Å². The van der Waals surface area contributed by atoms with Crippen molar-refractivity contribution in [3.8, 4) is 5.75 Å². The summed E-state index contributed by atoms with van der Waals surface area (Å²) < 4.78 is 0. The van der Waals surface area contributed by atoms with Gasteiger partial charge in [0, 0.05) is 22.6 Å². The first-order valence-electron chi connectivity index (χ1n) is 12.4. The van der Waals surface area contributed by atoms with Gasteiger partial charge in [-0.3, -0.25) is 4.99 Å². The molecule has 2 saturated carbocycles. The predicted molar refractivity (Wildman–Crippen MR) is 138 cm³/mol. The molecule has 2 unspecified atom stereocenters. The van der Waals surface area contributed by atoms with E-state index in [-0.39, 0.29) is 0 Å². The number of benzene rings is 1. The van der Waals surface area contributed by atoms with E-state index in [4.69, 9.17) is 9.97 Å². The number of aromatic nitrogens is 3. The molecule has 1 aliphatic heterocycles. The first-order chi connectivity index (χ1) is 16.6. The molecule has 3 heterocycles. The highest BCUT2D eigenvalue weighted by atomic mass is 32.2. The van der Waals surface area contributed by atoms with Gasteiger partial charge in [-0.2, -0.15) is 0 Å². The normalized spacial score (nSPS) is 22.8. The summed E-state index contributed by atoms with van der Waals surface area (Å²) in [5, 5.41) is 16.1. The summed E-state index contributed by atoms with van der Waals surface area (Å²) in [4.78, 5) is 18.9. The summed E-state index contributed by atoms with van der Waals surface area (Å²) in [6, 6.07) is 6.40. The van der Waals surface area contributed by atoms with Crippen molar-refractivity contribution in [1.29, 1.82) is 0 Å². The fourth-order valence-electron chi connectivity index (χ4n) is 5.84. The molecule has 0 bridgehead atoms. The van der Waals surface area contributed by atoms with Gasteiger partial charge in [-0.25, -0.2) is 9.97 Å². The molecule has 7 heteroatoms. The van der Waals surface area contributed by atoms with Crippen molar-refractivity contribution in [1.82, 2.24) is 20.3 Å². The van der Waals surface area contributed by atoms with E-state index in [2.05, 4.69) is 46.6 Å². The zero-order valence-electron chi connectivity index (χ0n) is 19.8. The molecule has 2 aliphatic carbocycles. The molecule has 176 valence electrons. The number of aliphatic imine (C=N–C) groups is 1. The quantitative estimate of drug-likeness (QED) is 0.392. The molecule has 3 aromatic rings. The van der Waals surface area contributed by atoms with Crippen molar-refractivity contribution in [2.24, 2.45) is 10.9 Å². The maximum Gasteiger partial charge on any atom is 0.194 e. The van der Waals surface area contributed by atoms with Gasteiger partial charge in [-0.15, -0.1) is 0 Å². The Morgan fingerprint density at radius 2 is 2.12 bits per heavy atom. The average Bonchev–Trinajstić information content (AvgIpc) is 3.46. The minimum atomic E-state index is 0.324. The number of hydrogen-bond acceptors (Lipinski definition) is 6. The number of nitrogens with one attached hydrogen (secondary N) is 2. The van der Waals surface area contributed by atoms with E-state index in [1.54, 1.807) is 11.8 Å². The molecular formula is C27H31N5OS. The summed E-state index contributed by atoms with van der Waals surface area (Å²) in [5.74, 6) is 1.34. The number of aromatic amines is 1. The highest BCUT2D eigenvalue weighted by Crippen LogP contribution is 2.53. The van der Waals surface area contributed by atoms with Gasteiger partial charge in [-0.05, 0) is 93.4 Å². The molecule has 3 N–H and O–H groups in total. The molecule has 0 saturated heterocycles. The smallest absolute Gasteiger partial charge is 0.194 e. The van der Waals surface area contributed by atoms with Crippen molar-refractivity contribution in [2.45, 2.75) is 73.4 Å². The first kappa shape index (κ1) is 21.9.